The molecule has 0 aromatic rings. The highest BCUT2D eigenvalue weighted by Crippen LogP contribution is 2.14. The molecule has 7 heteroatoms. The van der Waals surface area contributed by atoms with Crippen molar-refractivity contribution in [3.05, 3.63) is 0 Å². The highest BCUT2D eigenvalue weighted by atomic mass is 16.5. The Balaban J connectivity index is 3.80. The van der Waals surface area contributed by atoms with Crippen LogP contribution in [0.1, 0.15) is 53.4 Å². The Kier molecular flexibility index (Phi) is 11.7. The number of ether oxygens (including phenoxy) is 2. The van der Waals surface area contributed by atoms with Crippen molar-refractivity contribution in [1.29, 1.82) is 0 Å². The van der Waals surface area contributed by atoms with Crippen molar-refractivity contribution in [3.63, 3.8) is 0 Å². The SMILES string of the molecule is CC(C)CC(CNC(=O)OCCCCOC(=O)C(C)C)CC(=O)O. The van der Waals surface area contributed by atoms with Gasteiger partial charge in [0.1, 0.15) is 0 Å². The van der Waals surface area contributed by atoms with Gasteiger partial charge in [-0.15, -0.1) is 0 Å². The van der Waals surface area contributed by atoms with Crippen LogP contribution in [0.4, 0.5) is 4.79 Å². The second kappa shape index (κ2) is 12.6. The lowest BCUT2D eigenvalue weighted by atomic mass is 9.94. The molecule has 24 heavy (non-hydrogen) atoms. The molecule has 0 radical (unpaired) electrons. The summed E-state index contributed by atoms with van der Waals surface area (Å²) in [5.74, 6) is -0.988. The number of alkyl carbamates (subject to hydrolysis) is 1. The van der Waals surface area contributed by atoms with Gasteiger partial charge in [0.25, 0.3) is 0 Å². The van der Waals surface area contributed by atoms with E-state index < -0.39 is 12.1 Å². The van der Waals surface area contributed by atoms with Crippen molar-refractivity contribution in [2.75, 3.05) is 19.8 Å². The number of nitrogens with one attached hydrogen (secondary N) is 1. The molecule has 0 aliphatic carbocycles. The molecule has 0 saturated heterocycles. The molecule has 1 amide bonds. The van der Waals surface area contributed by atoms with Crippen LogP contribution in [0, 0.1) is 17.8 Å². The molecule has 0 aliphatic rings. The van der Waals surface area contributed by atoms with Gasteiger partial charge in [0.15, 0.2) is 0 Å². The molecule has 0 fully saturated rings. The van der Waals surface area contributed by atoms with Crippen LogP contribution in [0.5, 0.6) is 0 Å². The van der Waals surface area contributed by atoms with Crippen LogP contribution in [0.2, 0.25) is 0 Å². The lowest BCUT2D eigenvalue weighted by Gasteiger charge is -2.17. The largest absolute Gasteiger partial charge is 0.481 e. The first kappa shape index (κ1) is 22.2. The minimum Gasteiger partial charge on any atom is -0.481 e. The average Bonchev–Trinajstić information content (AvgIpc) is 2.46. The molecular formula is C17H31NO6. The van der Waals surface area contributed by atoms with Gasteiger partial charge in [0, 0.05) is 13.0 Å². The maximum atomic E-state index is 11.6. The van der Waals surface area contributed by atoms with Crippen LogP contribution in [0.25, 0.3) is 0 Å². The maximum absolute atomic E-state index is 11.6. The van der Waals surface area contributed by atoms with E-state index in [1.54, 1.807) is 13.8 Å². The number of carboxylic acid groups (broad SMARTS) is 1. The number of unbranched alkanes of at least 4 members (excludes halogenated alkanes) is 1. The van der Waals surface area contributed by atoms with Crippen molar-refractivity contribution in [1.82, 2.24) is 5.32 Å². The molecule has 7 nitrogen and oxygen atoms in total. The van der Waals surface area contributed by atoms with Gasteiger partial charge in [0.2, 0.25) is 0 Å². The van der Waals surface area contributed by atoms with Crippen LogP contribution in [-0.4, -0.2) is 42.9 Å². The van der Waals surface area contributed by atoms with Crippen molar-refractivity contribution in [2.45, 2.75) is 53.4 Å². The summed E-state index contributed by atoms with van der Waals surface area (Å²) in [7, 11) is 0. The number of amides is 1. The lowest BCUT2D eigenvalue weighted by molar-refractivity contribution is -0.147. The number of hydrogen-bond acceptors (Lipinski definition) is 5. The lowest BCUT2D eigenvalue weighted by Crippen LogP contribution is -2.31. The van der Waals surface area contributed by atoms with Gasteiger partial charge in [-0.2, -0.15) is 0 Å². The number of rotatable bonds is 12. The predicted octanol–water partition coefficient (Wildman–Crippen LogP) is 2.83. The van der Waals surface area contributed by atoms with E-state index in [4.69, 9.17) is 14.6 Å². The molecule has 140 valence electrons. The highest BCUT2D eigenvalue weighted by Gasteiger charge is 2.16. The van der Waals surface area contributed by atoms with E-state index >= 15 is 0 Å². The van der Waals surface area contributed by atoms with Crippen LogP contribution in [-0.2, 0) is 19.1 Å². The number of hydrogen-bond donors (Lipinski definition) is 2. The summed E-state index contributed by atoms with van der Waals surface area (Å²) in [6.45, 7) is 8.41. The number of carbonyl (C=O) groups excluding carboxylic acids is 2. The number of aliphatic carboxylic acids is 1. The first-order valence-electron chi connectivity index (χ1n) is 8.51. The predicted molar refractivity (Wildman–Crippen MR) is 89.6 cm³/mol. The Bertz CT molecular complexity index is 395. The molecule has 1 unspecified atom stereocenters. The monoisotopic (exact) mass is 345 g/mol. The molecular weight excluding hydrogens is 314 g/mol. The molecule has 2 N–H and O–H groups in total. The minimum absolute atomic E-state index is 0.0275. The summed E-state index contributed by atoms with van der Waals surface area (Å²) < 4.78 is 10.0. The summed E-state index contributed by atoms with van der Waals surface area (Å²) in [6, 6.07) is 0. The van der Waals surface area contributed by atoms with Gasteiger partial charge in [-0.3, -0.25) is 9.59 Å². The van der Waals surface area contributed by atoms with E-state index in [1.807, 2.05) is 13.8 Å². The fraction of sp³-hybridized carbons (Fsp3) is 0.824. The Morgan fingerprint density at radius 1 is 1.00 bits per heavy atom. The maximum Gasteiger partial charge on any atom is 0.407 e. The Morgan fingerprint density at radius 3 is 2.08 bits per heavy atom. The molecule has 1 atom stereocenters. The van der Waals surface area contributed by atoms with Crippen molar-refractivity contribution >= 4 is 18.0 Å². The van der Waals surface area contributed by atoms with E-state index in [0.29, 0.717) is 25.4 Å². The topological polar surface area (TPSA) is 102 Å². The summed E-state index contributed by atoms with van der Waals surface area (Å²) in [5.41, 5.74) is 0. The van der Waals surface area contributed by atoms with Gasteiger partial charge < -0.3 is 19.9 Å². The minimum atomic E-state index is -0.869. The Hall–Kier alpha value is -1.79. The second-order valence-electron chi connectivity index (χ2n) is 6.64. The van der Waals surface area contributed by atoms with Crippen molar-refractivity contribution in [2.24, 2.45) is 17.8 Å². The zero-order chi connectivity index (χ0) is 18.5. The van der Waals surface area contributed by atoms with Crippen LogP contribution < -0.4 is 5.32 Å². The normalized spacial score (nSPS) is 12.1. The molecule has 0 spiro atoms. The first-order chi connectivity index (χ1) is 11.2. The first-order valence-corrected chi connectivity index (χ1v) is 8.51. The van der Waals surface area contributed by atoms with Crippen molar-refractivity contribution in [3.8, 4) is 0 Å². The molecule has 0 saturated carbocycles. The van der Waals surface area contributed by atoms with Crippen LogP contribution >= 0.6 is 0 Å². The molecule has 0 aromatic heterocycles. The average molecular weight is 345 g/mol. The van der Waals surface area contributed by atoms with Crippen LogP contribution in [0.3, 0.4) is 0 Å². The fourth-order valence-corrected chi connectivity index (χ4v) is 2.14. The van der Waals surface area contributed by atoms with Gasteiger partial charge in [-0.1, -0.05) is 27.7 Å². The van der Waals surface area contributed by atoms with E-state index in [2.05, 4.69) is 5.32 Å². The van der Waals surface area contributed by atoms with Gasteiger partial charge in [-0.25, -0.2) is 4.79 Å². The Morgan fingerprint density at radius 2 is 1.58 bits per heavy atom. The third kappa shape index (κ3) is 12.7. The highest BCUT2D eigenvalue weighted by molar-refractivity contribution is 5.71. The molecule has 0 heterocycles. The quantitative estimate of drug-likeness (QED) is 0.416. The Labute approximate surface area is 144 Å². The van der Waals surface area contributed by atoms with Gasteiger partial charge in [0.05, 0.1) is 19.1 Å². The summed E-state index contributed by atoms with van der Waals surface area (Å²) in [6.07, 6.45) is 1.44. The summed E-state index contributed by atoms with van der Waals surface area (Å²) in [5, 5.41) is 11.5. The molecule has 0 bridgehead atoms. The van der Waals surface area contributed by atoms with E-state index in [0.717, 1.165) is 6.42 Å². The molecule has 0 rings (SSSR count). The van der Waals surface area contributed by atoms with Crippen LogP contribution in [0.15, 0.2) is 0 Å². The molecule has 0 aromatic carbocycles. The zero-order valence-corrected chi connectivity index (χ0v) is 15.2. The fourth-order valence-electron chi connectivity index (χ4n) is 2.14. The number of esters is 1. The summed E-state index contributed by atoms with van der Waals surface area (Å²) in [4.78, 5) is 33.6. The van der Waals surface area contributed by atoms with Crippen molar-refractivity contribution < 1.29 is 29.0 Å². The van der Waals surface area contributed by atoms with Gasteiger partial charge >= 0.3 is 18.0 Å². The third-order valence-corrected chi connectivity index (χ3v) is 3.29. The van der Waals surface area contributed by atoms with Gasteiger partial charge in [-0.05, 0) is 31.1 Å². The zero-order valence-electron chi connectivity index (χ0n) is 15.2. The number of carboxylic acids is 1. The smallest absolute Gasteiger partial charge is 0.407 e. The number of carbonyl (C=O) groups is 3. The summed E-state index contributed by atoms with van der Waals surface area (Å²) >= 11 is 0. The van der Waals surface area contributed by atoms with E-state index in [9.17, 15) is 14.4 Å². The van der Waals surface area contributed by atoms with E-state index in [1.165, 1.54) is 0 Å². The molecule has 0 aliphatic heterocycles. The third-order valence-electron chi connectivity index (χ3n) is 3.29. The standard InChI is InChI=1S/C17H31NO6/c1-12(2)9-14(10-15(19)20)11-18-17(22)24-8-6-5-7-23-16(21)13(3)4/h12-14H,5-11H2,1-4H3,(H,18,22)(H,19,20). The van der Waals surface area contributed by atoms with E-state index in [-0.39, 0.29) is 37.4 Å². The second-order valence-corrected chi connectivity index (χ2v) is 6.64.